The maximum atomic E-state index is 12.8. The van der Waals surface area contributed by atoms with Crippen molar-refractivity contribution >= 4 is 17.4 Å². The fourth-order valence-corrected chi connectivity index (χ4v) is 4.28. The van der Waals surface area contributed by atoms with Crippen LogP contribution in [-0.2, 0) is 4.79 Å². The average molecular weight is 372 g/mol. The van der Waals surface area contributed by atoms with Gasteiger partial charge in [0.2, 0.25) is 5.91 Å². The van der Waals surface area contributed by atoms with Gasteiger partial charge in [-0.15, -0.1) is 0 Å². The maximum Gasteiger partial charge on any atom is 0.250 e. The number of rotatable bonds is 3. The molecule has 1 N–H and O–H groups in total. The van der Waals surface area contributed by atoms with Gasteiger partial charge in [-0.2, -0.15) is 0 Å². The largest absolute Gasteiger partial charge is 0.340 e. The van der Waals surface area contributed by atoms with Crippen molar-refractivity contribution in [3.05, 3.63) is 48.9 Å². The van der Waals surface area contributed by atoms with E-state index in [1.807, 2.05) is 30.3 Å². The molecule has 7 heteroatoms. The van der Waals surface area contributed by atoms with Gasteiger partial charge in [-0.1, -0.05) is 37.3 Å². The predicted molar refractivity (Wildman–Crippen MR) is 107 cm³/mol. The highest BCUT2D eigenvalue weighted by molar-refractivity contribution is 6.06. The molecule has 7 nitrogen and oxygen atoms in total. The Balaban J connectivity index is 1.64. The minimum absolute atomic E-state index is 0.0424. The third-order valence-corrected chi connectivity index (χ3v) is 5.73. The van der Waals surface area contributed by atoms with E-state index in [1.165, 1.54) is 0 Å². The molecule has 0 radical (unpaired) electrons. The zero-order valence-corrected chi connectivity index (χ0v) is 15.6. The monoisotopic (exact) mass is 372 g/mol. The maximum absolute atomic E-state index is 12.8. The summed E-state index contributed by atoms with van der Waals surface area (Å²) in [5.74, 6) is 1.33. The van der Waals surface area contributed by atoms with E-state index in [2.05, 4.69) is 32.1 Å². The van der Waals surface area contributed by atoms with E-state index in [9.17, 15) is 4.79 Å². The molecule has 5 rings (SSSR count). The van der Waals surface area contributed by atoms with Gasteiger partial charge in [0.25, 0.3) is 0 Å². The number of aromatic nitrogens is 4. The van der Waals surface area contributed by atoms with Crippen LogP contribution in [0.1, 0.15) is 26.2 Å². The molecule has 0 saturated carbocycles. The average Bonchev–Trinajstić information content (AvgIpc) is 3.21. The van der Waals surface area contributed by atoms with Crippen molar-refractivity contribution in [1.82, 2.24) is 19.9 Å². The molecule has 1 fully saturated rings. The smallest absolute Gasteiger partial charge is 0.250 e. The van der Waals surface area contributed by atoms with Crippen molar-refractivity contribution in [3.63, 3.8) is 0 Å². The highest BCUT2D eigenvalue weighted by Gasteiger charge is 2.50. The number of benzene rings is 1. The minimum atomic E-state index is -0.511. The van der Waals surface area contributed by atoms with Gasteiger partial charge in [0, 0.05) is 24.5 Å². The number of nitrogens with one attached hydrogen (secondary N) is 1. The Bertz CT molecular complexity index is 1050. The molecule has 4 heterocycles. The summed E-state index contributed by atoms with van der Waals surface area (Å²) in [6.45, 7) is 2.87. The van der Waals surface area contributed by atoms with Crippen LogP contribution in [0.4, 0.5) is 11.5 Å². The van der Waals surface area contributed by atoms with Crippen molar-refractivity contribution in [2.45, 2.75) is 31.7 Å². The van der Waals surface area contributed by atoms with Crippen LogP contribution in [0.5, 0.6) is 0 Å². The summed E-state index contributed by atoms with van der Waals surface area (Å²) in [5, 5.41) is 3.01. The molecule has 2 aliphatic heterocycles. The predicted octanol–water partition coefficient (Wildman–Crippen LogP) is 3.30. The molecular formula is C21H20N6O. The van der Waals surface area contributed by atoms with Gasteiger partial charge in [0.05, 0.1) is 11.9 Å². The molecule has 3 aromatic rings. The topological polar surface area (TPSA) is 83.9 Å². The Labute approximate surface area is 162 Å². The first-order valence-corrected chi connectivity index (χ1v) is 9.56. The Morgan fingerprint density at radius 2 is 1.89 bits per heavy atom. The molecule has 140 valence electrons. The number of carbonyl (C=O) groups excluding carboxylic acids is 1. The first-order valence-electron chi connectivity index (χ1n) is 9.56. The summed E-state index contributed by atoms with van der Waals surface area (Å²) in [7, 11) is 0. The highest BCUT2D eigenvalue weighted by Crippen LogP contribution is 2.44. The van der Waals surface area contributed by atoms with Crippen LogP contribution < -0.4 is 10.2 Å². The molecule has 1 aromatic carbocycles. The number of amides is 1. The fourth-order valence-electron chi connectivity index (χ4n) is 4.28. The van der Waals surface area contributed by atoms with Crippen LogP contribution >= 0.6 is 0 Å². The van der Waals surface area contributed by atoms with Crippen molar-refractivity contribution in [2.75, 3.05) is 16.8 Å². The molecule has 2 aliphatic rings. The van der Waals surface area contributed by atoms with E-state index in [1.54, 1.807) is 18.6 Å². The van der Waals surface area contributed by atoms with E-state index in [0.717, 1.165) is 42.9 Å². The Kier molecular flexibility index (Phi) is 3.82. The number of hydrogen-bond acceptors (Lipinski definition) is 6. The molecule has 0 spiro atoms. The molecule has 0 unspecified atom stereocenters. The molecule has 2 aromatic heterocycles. The van der Waals surface area contributed by atoms with E-state index in [4.69, 9.17) is 4.98 Å². The van der Waals surface area contributed by atoms with Crippen LogP contribution in [0, 0.1) is 0 Å². The lowest BCUT2D eigenvalue weighted by atomic mass is 9.90. The number of carbonyl (C=O) groups is 1. The third kappa shape index (κ3) is 2.39. The SMILES string of the molecule is CC[C@]12CCCN1c1nc(-c3nccnc3-c3ccccc3)ncc1NC2=O. The normalized spacial score (nSPS) is 20.5. The summed E-state index contributed by atoms with van der Waals surface area (Å²) in [6.07, 6.45) is 7.56. The van der Waals surface area contributed by atoms with Gasteiger partial charge in [-0.3, -0.25) is 9.78 Å². The summed E-state index contributed by atoms with van der Waals surface area (Å²) < 4.78 is 0. The molecule has 1 amide bonds. The number of fused-ring (bicyclic) bond motifs is 3. The Hall–Kier alpha value is -3.35. The van der Waals surface area contributed by atoms with Crippen molar-refractivity contribution < 1.29 is 4.79 Å². The van der Waals surface area contributed by atoms with Crippen LogP contribution in [0.15, 0.2) is 48.9 Å². The summed E-state index contributed by atoms with van der Waals surface area (Å²) >= 11 is 0. The van der Waals surface area contributed by atoms with Crippen molar-refractivity contribution in [1.29, 1.82) is 0 Å². The van der Waals surface area contributed by atoms with Gasteiger partial charge in [0.1, 0.15) is 16.9 Å². The van der Waals surface area contributed by atoms with E-state index in [0.29, 0.717) is 17.2 Å². The molecule has 1 saturated heterocycles. The van der Waals surface area contributed by atoms with Crippen LogP contribution in [-0.4, -0.2) is 37.9 Å². The zero-order chi connectivity index (χ0) is 19.1. The number of anilines is 2. The molecule has 0 aliphatic carbocycles. The fraction of sp³-hybridized carbons (Fsp3) is 0.286. The van der Waals surface area contributed by atoms with Gasteiger partial charge in [-0.05, 0) is 19.3 Å². The van der Waals surface area contributed by atoms with E-state index < -0.39 is 5.54 Å². The van der Waals surface area contributed by atoms with Crippen molar-refractivity contribution in [2.24, 2.45) is 0 Å². The van der Waals surface area contributed by atoms with Crippen molar-refractivity contribution in [3.8, 4) is 22.8 Å². The second-order valence-corrected chi connectivity index (χ2v) is 7.14. The van der Waals surface area contributed by atoms with Gasteiger partial charge >= 0.3 is 0 Å². The van der Waals surface area contributed by atoms with Gasteiger partial charge < -0.3 is 10.2 Å². The molecule has 28 heavy (non-hydrogen) atoms. The summed E-state index contributed by atoms with van der Waals surface area (Å²) in [6, 6.07) is 9.90. The molecule has 1 atom stereocenters. The lowest BCUT2D eigenvalue weighted by Crippen LogP contribution is -2.56. The minimum Gasteiger partial charge on any atom is -0.340 e. The zero-order valence-electron chi connectivity index (χ0n) is 15.6. The molecular weight excluding hydrogens is 352 g/mol. The Morgan fingerprint density at radius 3 is 2.68 bits per heavy atom. The first-order chi connectivity index (χ1) is 13.7. The van der Waals surface area contributed by atoms with Gasteiger partial charge in [0.15, 0.2) is 11.6 Å². The molecule has 0 bridgehead atoms. The van der Waals surface area contributed by atoms with E-state index >= 15 is 0 Å². The standard InChI is InChI=1S/C21H20N6O/c1-2-21-9-6-12-27(21)19-15(25-20(21)28)13-24-18(26-19)17-16(22-10-11-23-17)14-7-4-3-5-8-14/h3-5,7-8,10-11,13H,2,6,9,12H2,1H3,(H,25,28)/t21-/m1/s1. The third-order valence-electron chi connectivity index (χ3n) is 5.73. The lowest BCUT2D eigenvalue weighted by molar-refractivity contribution is -0.121. The second-order valence-electron chi connectivity index (χ2n) is 7.14. The van der Waals surface area contributed by atoms with Crippen LogP contribution in [0.3, 0.4) is 0 Å². The quantitative estimate of drug-likeness (QED) is 0.759. The summed E-state index contributed by atoms with van der Waals surface area (Å²) in [5.41, 5.74) is 2.48. The summed E-state index contributed by atoms with van der Waals surface area (Å²) in [4.78, 5) is 33.3. The lowest BCUT2D eigenvalue weighted by Gasteiger charge is -2.41. The second kappa shape index (κ2) is 6.37. The number of nitrogens with zero attached hydrogens (tertiary/aromatic N) is 5. The highest BCUT2D eigenvalue weighted by atomic mass is 16.2. The van der Waals surface area contributed by atoms with Crippen LogP contribution in [0.2, 0.25) is 0 Å². The Morgan fingerprint density at radius 1 is 1.11 bits per heavy atom. The first kappa shape index (κ1) is 16.8. The van der Waals surface area contributed by atoms with Gasteiger partial charge in [-0.25, -0.2) is 15.0 Å². The van der Waals surface area contributed by atoms with E-state index in [-0.39, 0.29) is 5.91 Å². The number of hydrogen-bond donors (Lipinski definition) is 1. The van der Waals surface area contributed by atoms with Crippen LogP contribution in [0.25, 0.3) is 22.8 Å².